The van der Waals surface area contributed by atoms with Crippen molar-refractivity contribution in [2.45, 2.75) is 0 Å². The predicted molar refractivity (Wildman–Crippen MR) is 157 cm³/mol. The van der Waals surface area contributed by atoms with Crippen molar-refractivity contribution in [3.63, 3.8) is 0 Å². The highest BCUT2D eigenvalue weighted by Crippen LogP contribution is 2.46. The van der Waals surface area contributed by atoms with E-state index in [4.69, 9.17) is 0 Å². The Kier molecular flexibility index (Phi) is 5.01. The molecular weight excluding hydrogens is 448 g/mol. The molecule has 0 unspecified atom stereocenters. The molecule has 174 valence electrons. The van der Waals surface area contributed by atoms with Crippen molar-refractivity contribution >= 4 is 32.3 Å². The molecule has 37 heavy (non-hydrogen) atoms. The van der Waals surface area contributed by atoms with Crippen LogP contribution in [0.5, 0.6) is 5.75 Å². The Hall–Kier alpha value is -4.88. The van der Waals surface area contributed by atoms with E-state index in [1.54, 1.807) is 0 Å². The van der Waals surface area contributed by atoms with E-state index in [1.165, 1.54) is 32.7 Å². The quantitative estimate of drug-likeness (QED) is 0.254. The number of aromatic hydroxyl groups is 1. The zero-order chi connectivity index (χ0) is 24.8. The summed E-state index contributed by atoms with van der Waals surface area (Å²) in [5.74, 6) is 0.284. The second kappa shape index (κ2) is 8.65. The van der Waals surface area contributed by atoms with Crippen molar-refractivity contribution in [2.24, 2.45) is 0 Å². The average molecular weight is 473 g/mol. The Morgan fingerprint density at radius 3 is 1.57 bits per heavy atom. The van der Waals surface area contributed by atoms with E-state index >= 15 is 0 Å². The van der Waals surface area contributed by atoms with Crippen molar-refractivity contribution in [3.8, 4) is 39.1 Å². The van der Waals surface area contributed by atoms with Crippen molar-refractivity contribution in [3.05, 3.63) is 140 Å². The van der Waals surface area contributed by atoms with Crippen LogP contribution in [0.15, 0.2) is 140 Å². The van der Waals surface area contributed by atoms with Crippen LogP contribution in [0.2, 0.25) is 0 Å². The number of hydrogen-bond acceptors (Lipinski definition) is 1. The summed E-state index contributed by atoms with van der Waals surface area (Å²) in [4.78, 5) is 0. The maximum absolute atomic E-state index is 11.3. The van der Waals surface area contributed by atoms with Crippen LogP contribution in [0.1, 0.15) is 0 Å². The van der Waals surface area contributed by atoms with Gasteiger partial charge in [0.05, 0.1) is 0 Å². The second-order valence-corrected chi connectivity index (χ2v) is 9.47. The van der Waals surface area contributed by atoms with Gasteiger partial charge in [0.1, 0.15) is 5.75 Å². The normalized spacial score (nSPS) is 11.4. The van der Waals surface area contributed by atoms with Crippen LogP contribution < -0.4 is 0 Å². The molecule has 1 heteroatoms. The summed E-state index contributed by atoms with van der Waals surface area (Å²) < 4.78 is 0. The molecule has 0 aliphatic carbocycles. The van der Waals surface area contributed by atoms with E-state index in [-0.39, 0.29) is 5.75 Å². The fraction of sp³-hybridized carbons (Fsp3) is 0. The first kappa shape index (κ1) is 21.4. The first-order valence-corrected chi connectivity index (χ1v) is 12.6. The summed E-state index contributed by atoms with van der Waals surface area (Å²) in [6.07, 6.45) is 0. The third-order valence-corrected chi connectivity index (χ3v) is 7.36. The van der Waals surface area contributed by atoms with E-state index in [2.05, 4.69) is 127 Å². The molecule has 0 aromatic heterocycles. The molecule has 0 saturated heterocycles. The molecule has 0 heterocycles. The number of hydrogen-bond donors (Lipinski definition) is 1. The molecule has 1 nitrogen and oxygen atoms in total. The molecule has 0 atom stereocenters. The van der Waals surface area contributed by atoms with Gasteiger partial charge in [-0.05, 0) is 66.7 Å². The van der Waals surface area contributed by atoms with Crippen molar-refractivity contribution < 1.29 is 5.11 Å². The van der Waals surface area contributed by atoms with Gasteiger partial charge in [0, 0.05) is 11.1 Å². The number of phenols is 1. The Bertz CT molecular complexity index is 1870. The largest absolute Gasteiger partial charge is 0.507 e. The average Bonchev–Trinajstić information content (AvgIpc) is 2.96. The zero-order valence-electron chi connectivity index (χ0n) is 20.2. The molecule has 7 aromatic rings. The minimum absolute atomic E-state index is 0.284. The molecule has 0 amide bonds. The zero-order valence-corrected chi connectivity index (χ0v) is 20.2. The summed E-state index contributed by atoms with van der Waals surface area (Å²) >= 11 is 0. The van der Waals surface area contributed by atoms with Crippen LogP contribution in [0, 0.1) is 0 Å². The number of rotatable bonds is 3. The smallest absolute Gasteiger partial charge is 0.123 e. The van der Waals surface area contributed by atoms with Crippen LogP contribution in [0.4, 0.5) is 0 Å². The topological polar surface area (TPSA) is 20.2 Å². The Morgan fingerprint density at radius 2 is 0.892 bits per heavy atom. The lowest BCUT2D eigenvalue weighted by molar-refractivity contribution is 0.477. The molecule has 0 bridgehead atoms. The third-order valence-electron chi connectivity index (χ3n) is 7.36. The first-order chi connectivity index (χ1) is 18.3. The molecule has 1 N–H and O–H groups in total. The van der Waals surface area contributed by atoms with E-state index in [9.17, 15) is 5.11 Å². The van der Waals surface area contributed by atoms with Gasteiger partial charge in [-0.15, -0.1) is 0 Å². The van der Waals surface area contributed by atoms with Crippen molar-refractivity contribution in [2.75, 3.05) is 0 Å². The van der Waals surface area contributed by atoms with E-state index in [1.807, 2.05) is 12.1 Å². The van der Waals surface area contributed by atoms with E-state index < -0.39 is 0 Å². The highest BCUT2D eigenvalue weighted by atomic mass is 16.3. The fourth-order valence-corrected chi connectivity index (χ4v) is 5.72. The van der Waals surface area contributed by atoms with Gasteiger partial charge in [-0.1, -0.05) is 127 Å². The Morgan fingerprint density at radius 1 is 0.351 bits per heavy atom. The highest BCUT2D eigenvalue weighted by Gasteiger charge is 2.19. The van der Waals surface area contributed by atoms with Gasteiger partial charge in [-0.2, -0.15) is 0 Å². The lowest BCUT2D eigenvalue weighted by atomic mass is 9.85. The standard InChI is InChI=1S/C36H24O/c37-34-22-21-26(28-20-10-14-24-11-4-5-15-27(24)28)23-33(34)36-31-18-8-6-16-29(31)35(25-12-2-1-3-13-25)30-17-7-9-19-32(30)36/h1-23,37H. The second-order valence-electron chi connectivity index (χ2n) is 9.47. The summed E-state index contributed by atoms with van der Waals surface area (Å²) in [6.45, 7) is 0. The molecule has 7 rings (SSSR count). The lowest BCUT2D eigenvalue weighted by Crippen LogP contribution is -1.91. The minimum atomic E-state index is 0.284. The van der Waals surface area contributed by atoms with E-state index in [0.29, 0.717) is 0 Å². The monoisotopic (exact) mass is 472 g/mol. The number of benzene rings is 7. The van der Waals surface area contributed by atoms with Gasteiger partial charge < -0.3 is 5.11 Å². The van der Waals surface area contributed by atoms with Gasteiger partial charge in [0.15, 0.2) is 0 Å². The molecule has 0 fully saturated rings. The van der Waals surface area contributed by atoms with Gasteiger partial charge in [0.25, 0.3) is 0 Å². The van der Waals surface area contributed by atoms with Crippen LogP contribution in [-0.4, -0.2) is 5.11 Å². The maximum Gasteiger partial charge on any atom is 0.123 e. The van der Waals surface area contributed by atoms with Gasteiger partial charge in [-0.25, -0.2) is 0 Å². The molecule has 0 aliphatic heterocycles. The highest BCUT2D eigenvalue weighted by molar-refractivity contribution is 6.22. The molecule has 0 aliphatic rings. The first-order valence-electron chi connectivity index (χ1n) is 12.6. The summed E-state index contributed by atoms with van der Waals surface area (Å²) in [5.41, 5.74) is 6.57. The van der Waals surface area contributed by atoms with Crippen LogP contribution >= 0.6 is 0 Å². The molecular formula is C36H24O. The van der Waals surface area contributed by atoms with Crippen LogP contribution in [-0.2, 0) is 0 Å². The predicted octanol–water partition coefficient (Wildman–Crippen LogP) is 9.85. The fourth-order valence-electron chi connectivity index (χ4n) is 5.72. The van der Waals surface area contributed by atoms with Crippen molar-refractivity contribution in [1.82, 2.24) is 0 Å². The molecule has 0 spiro atoms. The lowest BCUT2D eigenvalue weighted by Gasteiger charge is -2.19. The Labute approximate surface area is 215 Å². The van der Waals surface area contributed by atoms with Gasteiger partial charge in [0.2, 0.25) is 0 Å². The Balaban J connectivity index is 1.58. The number of phenolic OH excluding ortho intramolecular Hbond substituents is 1. The van der Waals surface area contributed by atoms with Gasteiger partial charge in [-0.3, -0.25) is 0 Å². The van der Waals surface area contributed by atoms with Crippen LogP contribution in [0.25, 0.3) is 65.7 Å². The maximum atomic E-state index is 11.3. The minimum Gasteiger partial charge on any atom is -0.507 e. The summed E-state index contributed by atoms with van der Waals surface area (Å²) in [7, 11) is 0. The summed E-state index contributed by atoms with van der Waals surface area (Å²) in [6, 6.07) is 48.5. The molecule has 7 aromatic carbocycles. The van der Waals surface area contributed by atoms with E-state index in [0.717, 1.165) is 33.0 Å². The summed E-state index contributed by atoms with van der Waals surface area (Å²) in [5, 5.41) is 18.3. The molecule has 0 radical (unpaired) electrons. The molecule has 0 saturated carbocycles. The number of fused-ring (bicyclic) bond motifs is 3. The third kappa shape index (κ3) is 3.48. The van der Waals surface area contributed by atoms with Gasteiger partial charge >= 0.3 is 0 Å². The van der Waals surface area contributed by atoms with Crippen LogP contribution in [0.3, 0.4) is 0 Å². The van der Waals surface area contributed by atoms with Crippen molar-refractivity contribution in [1.29, 1.82) is 0 Å². The SMILES string of the molecule is Oc1ccc(-c2cccc3ccccc23)cc1-c1c2ccccc2c(-c2ccccc2)c2ccccc12.